The number of amides is 2. The van der Waals surface area contributed by atoms with Crippen LogP contribution in [0.2, 0.25) is 0 Å². The minimum Gasteiger partial charge on any atom is -0.289 e. The van der Waals surface area contributed by atoms with E-state index in [0.717, 1.165) is 6.26 Å². The predicted octanol–water partition coefficient (Wildman–Crippen LogP) is -3.06. The molecule has 2 atom stereocenters. The average molecular weight is 308 g/mol. The molecule has 0 spiro atoms. The lowest BCUT2D eigenvalue weighted by Gasteiger charge is -2.55. The second-order valence-electron chi connectivity index (χ2n) is 4.96. The number of hydroxylamine groups is 2. The van der Waals surface area contributed by atoms with Gasteiger partial charge in [0.05, 0.1) is 5.92 Å². The van der Waals surface area contributed by atoms with E-state index >= 15 is 0 Å². The van der Waals surface area contributed by atoms with E-state index in [0.29, 0.717) is 0 Å². The van der Waals surface area contributed by atoms with Gasteiger partial charge in [-0.05, 0) is 0 Å². The monoisotopic (exact) mass is 308 g/mol. The topological polar surface area (TPSA) is 139 Å². The summed E-state index contributed by atoms with van der Waals surface area (Å²) in [6.45, 7) is 0.681. The highest BCUT2D eigenvalue weighted by Crippen LogP contribution is 2.31. The van der Waals surface area contributed by atoms with Crippen molar-refractivity contribution in [2.24, 2.45) is 5.92 Å². The van der Waals surface area contributed by atoms with E-state index in [-0.39, 0.29) is 19.6 Å². The molecule has 10 nitrogen and oxygen atoms in total. The van der Waals surface area contributed by atoms with E-state index in [1.807, 2.05) is 0 Å². The summed E-state index contributed by atoms with van der Waals surface area (Å²) in [5.74, 6) is -1.73. The molecule has 0 radical (unpaired) electrons. The molecule has 2 aliphatic rings. The van der Waals surface area contributed by atoms with Crippen LogP contribution in [0.15, 0.2) is 0 Å². The Balaban J connectivity index is 2.01. The molecule has 0 bridgehead atoms. The molecule has 2 amide bonds. The predicted molar refractivity (Wildman–Crippen MR) is 64.0 cm³/mol. The Morgan fingerprint density at radius 2 is 1.65 bits per heavy atom. The number of carbonyl (C=O) groups is 2. The molecule has 2 fully saturated rings. The standard InChI is InChI=1S/C9H16N4O6S/c1-20(18,19)6-4-13(7(6)9(15)11-17)12-2-5(3-12)8(14)10-16/h5-7,16-17H,2-4H2,1H3,(H,10,14)(H,11,15). The Bertz CT molecular complexity index is 517. The zero-order valence-corrected chi connectivity index (χ0v) is 11.5. The molecule has 2 heterocycles. The van der Waals surface area contributed by atoms with E-state index in [9.17, 15) is 18.0 Å². The van der Waals surface area contributed by atoms with Gasteiger partial charge in [-0.3, -0.25) is 20.0 Å². The molecule has 0 aromatic carbocycles. The third-order valence-corrected chi connectivity index (χ3v) is 5.18. The van der Waals surface area contributed by atoms with E-state index in [1.165, 1.54) is 10.5 Å². The van der Waals surface area contributed by atoms with Crippen LogP contribution in [0.25, 0.3) is 0 Å². The number of rotatable bonds is 4. The second-order valence-corrected chi connectivity index (χ2v) is 7.22. The van der Waals surface area contributed by atoms with Gasteiger partial charge in [-0.1, -0.05) is 0 Å². The van der Waals surface area contributed by atoms with Gasteiger partial charge in [-0.2, -0.15) is 0 Å². The third-order valence-electron chi connectivity index (χ3n) is 3.68. The molecule has 2 unspecified atom stereocenters. The Morgan fingerprint density at radius 3 is 2.10 bits per heavy atom. The van der Waals surface area contributed by atoms with Crippen molar-refractivity contribution in [3.8, 4) is 0 Å². The number of carbonyl (C=O) groups excluding carboxylic acids is 2. The maximum atomic E-state index is 11.6. The Kier molecular flexibility index (Phi) is 3.97. The van der Waals surface area contributed by atoms with Crippen molar-refractivity contribution < 1.29 is 28.4 Å². The van der Waals surface area contributed by atoms with Gasteiger partial charge in [0.15, 0.2) is 9.84 Å². The van der Waals surface area contributed by atoms with Gasteiger partial charge in [-0.15, -0.1) is 0 Å². The van der Waals surface area contributed by atoms with Crippen LogP contribution < -0.4 is 11.0 Å². The summed E-state index contributed by atoms with van der Waals surface area (Å²) in [5, 5.41) is 19.4. The first-order valence-corrected chi connectivity index (χ1v) is 7.83. The fraction of sp³-hybridized carbons (Fsp3) is 0.778. The number of nitrogens with zero attached hydrogens (tertiary/aromatic N) is 2. The van der Waals surface area contributed by atoms with Crippen molar-refractivity contribution in [1.82, 2.24) is 21.0 Å². The van der Waals surface area contributed by atoms with Crippen LogP contribution in [0.1, 0.15) is 0 Å². The SMILES string of the molecule is CS(=O)(=O)C1CN(N2CC(C(=O)NO)C2)C1C(=O)NO. The zero-order valence-electron chi connectivity index (χ0n) is 10.7. The van der Waals surface area contributed by atoms with Crippen LogP contribution in [0, 0.1) is 5.92 Å². The van der Waals surface area contributed by atoms with Gasteiger partial charge in [0.2, 0.25) is 5.91 Å². The molecule has 2 aliphatic heterocycles. The first-order valence-electron chi connectivity index (χ1n) is 5.88. The first-order chi connectivity index (χ1) is 9.29. The molecule has 0 aromatic heterocycles. The Hall–Kier alpha value is -1.27. The number of sulfone groups is 1. The Morgan fingerprint density at radius 1 is 1.10 bits per heavy atom. The normalized spacial score (nSPS) is 28.4. The number of hydrazine groups is 1. The lowest BCUT2D eigenvalue weighted by Crippen LogP contribution is -2.76. The molecule has 0 aliphatic carbocycles. The maximum absolute atomic E-state index is 11.6. The van der Waals surface area contributed by atoms with Crippen molar-refractivity contribution in [1.29, 1.82) is 0 Å². The quantitative estimate of drug-likeness (QED) is 0.317. The van der Waals surface area contributed by atoms with Crippen molar-refractivity contribution in [3.05, 3.63) is 0 Å². The fourth-order valence-corrected chi connectivity index (χ4v) is 3.56. The molecule has 2 saturated heterocycles. The minimum atomic E-state index is -3.42. The smallest absolute Gasteiger partial charge is 0.263 e. The summed E-state index contributed by atoms with van der Waals surface area (Å²) in [6.07, 6.45) is 1.03. The van der Waals surface area contributed by atoms with Gasteiger partial charge in [-0.25, -0.2) is 29.4 Å². The molecule has 20 heavy (non-hydrogen) atoms. The molecule has 11 heteroatoms. The summed E-state index contributed by atoms with van der Waals surface area (Å²) >= 11 is 0. The van der Waals surface area contributed by atoms with Gasteiger partial charge < -0.3 is 0 Å². The largest absolute Gasteiger partial charge is 0.289 e. The summed E-state index contributed by atoms with van der Waals surface area (Å²) in [6, 6.07) is -1.01. The van der Waals surface area contributed by atoms with E-state index in [2.05, 4.69) is 0 Å². The van der Waals surface area contributed by atoms with Gasteiger partial charge in [0, 0.05) is 25.9 Å². The lowest BCUT2D eigenvalue weighted by atomic mass is 9.98. The molecule has 2 rings (SSSR count). The highest BCUT2D eigenvalue weighted by Gasteiger charge is 2.54. The zero-order chi connectivity index (χ0) is 15.1. The summed E-state index contributed by atoms with van der Waals surface area (Å²) in [4.78, 5) is 22.7. The second kappa shape index (κ2) is 5.26. The van der Waals surface area contributed by atoms with Gasteiger partial charge in [0.1, 0.15) is 11.3 Å². The van der Waals surface area contributed by atoms with Crippen LogP contribution in [0.3, 0.4) is 0 Å². The number of nitrogens with one attached hydrogen (secondary N) is 2. The van der Waals surface area contributed by atoms with Crippen molar-refractivity contribution in [3.63, 3.8) is 0 Å². The highest BCUT2D eigenvalue weighted by atomic mass is 32.2. The van der Waals surface area contributed by atoms with E-state index in [1.54, 1.807) is 10.5 Å². The number of hydrogen-bond donors (Lipinski definition) is 4. The van der Waals surface area contributed by atoms with Crippen molar-refractivity contribution >= 4 is 21.7 Å². The van der Waals surface area contributed by atoms with E-state index in [4.69, 9.17) is 10.4 Å². The van der Waals surface area contributed by atoms with Gasteiger partial charge >= 0.3 is 0 Å². The molecule has 4 N–H and O–H groups in total. The molecule has 0 saturated carbocycles. The molecule has 114 valence electrons. The van der Waals surface area contributed by atoms with Crippen molar-refractivity contribution in [2.45, 2.75) is 11.3 Å². The summed E-state index contributed by atoms with van der Waals surface area (Å²) in [5.41, 5.74) is 3.00. The van der Waals surface area contributed by atoms with Crippen molar-refractivity contribution in [2.75, 3.05) is 25.9 Å². The molecule has 0 aromatic rings. The highest BCUT2D eigenvalue weighted by molar-refractivity contribution is 7.91. The van der Waals surface area contributed by atoms with Crippen LogP contribution in [0.4, 0.5) is 0 Å². The first kappa shape index (κ1) is 15.1. The minimum absolute atomic E-state index is 0.129. The summed E-state index contributed by atoms with van der Waals surface area (Å²) < 4.78 is 23.1. The molecular formula is C9H16N4O6S. The fourth-order valence-electron chi connectivity index (χ4n) is 2.41. The van der Waals surface area contributed by atoms with Crippen LogP contribution in [-0.4, -0.2) is 77.8 Å². The number of hydrogen-bond acceptors (Lipinski definition) is 8. The Labute approximate surface area is 115 Å². The average Bonchev–Trinajstić information content (AvgIpc) is 2.28. The van der Waals surface area contributed by atoms with Crippen LogP contribution in [0.5, 0.6) is 0 Å². The van der Waals surface area contributed by atoms with Gasteiger partial charge in [0.25, 0.3) is 5.91 Å². The third kappa shape index (κ3) is 2.50. The molecular weight excluding hydrogens is 292 g/mol. The van der Waals surface area contributed by atoms with Crippen LogP contribution in [-0.2, 0) is 19.4 Å². The lowest BCUT2D eigenvalue weighted by molar-refractivity contribution is -0.189. The summed E-state index contributed by atoms with van der Waals surface area (Å²) in [7, 11) is -3.42. The van der Waals surface area contributed by atoms with Crippen LogP contribution >= 0.6 is 0 Å². The maximum Gasteiger partial charge on any atom is 0.263 e. The van der Waals surface area contributed by atoms with E-state index < -0.39 is 38.9 Å².